The Hall–Kier alpha value is -1.18. The molecule has 0 atom stereocenters. The third-order valence-electron chi connectivity index (χ3n) is 3.79. The topological polar surface area (TPSA) is 32.3 Å². The van der Waals surface area contributed by atoms with E-state index < -0.39 is 0 Å². The Labute approximate surface area is 96.7 Å². The molecule has 2 saturated carbocycles. The van der Waals surface area contributed by atoms with Crippen molar-refractivity contribution in [2.24, 2.45) is 11.8 Å². The number of phenols is 1. The highest BCUT2D eigenvalue weighted by Crippen LogP contribution is 2.46. The molecule has 1 aromatic rings. The van der Waals surface area contributed by atoms with Crippen LogP contribution in [0.15, 0.2) is 18.2 Å². The zero-order valence-corrected chi connectivity index (χ0v) is 9.74. The first-order valence-corrected chi connectivity index (χ1v) is 6.30. The minimum absolute atomic E-state index is 0.389. The van der Waals surface area contributed by atoms with Crippen LogP contribution in [0.2, 0.25) is 0 Å². The van der Waals surface area contributed by atoms with Crippen LogP contribution in [0.4, 0.5) is 5.69 Å². The fourth-order valence-corrected chi connectivity index (χ4v) is 2.47. The predicted octanol–water partition coefficient (Wildman–Crippen LogP) is 3.30. The molecule has 0 heterocycles. The molecule has 1 aromatic carbocycles. The maximum atomic E-state index is 9.49. The maximum absolute atomic E-state index is 9.49. The molecule has 0 aromatic heterocycles. The van der Waals surface area contributed by atoms with Gasteiger partial charge in [-0.05, 0) is 68.2 Å². The molecule has 2 aliphatic rings. The van der Waals surface area contributed by atoms with Gasteiger partial charge in [0.15, 0.2) is 0 Å². The predicted molar refractivity (Wildman–Crippen MR) is 65.7 cm³/mol. The average molecular weight is 217 g/mol. The molecule has 0 radical (unpaired) electrons. The molecule has 2 aliphatic carbocycles. The Morgan fingerprint density at radius 1 is 1.19 bits per heavy atom. The summed E-state index contributed by atoms with van der Waals surface area (Å²) in [4.78, 5) is 0. The molecule has 0 unspecified atom stereocenters. The lowest BCUT2D eigenvalue weighted by Gasteiger charge is -2.19. The first kappa shape index (κ1) is 10.0. The molecule has 0 spiro atoms. The number of aryl methyl sites for hydroxylation is 1. The van der Waals surface area contributed by atoms with Crippen molar-refractivity contribution >= 4 is 5.69 Å². The van der Waals surface area contributed by atoms with Gasteiger partial charge in [0.2, 0.25) is 0 Å². The second kappa shape index (κ2) is 3.69. The lowest BCUT2D eigenvalue weighted by molar-refractivity contribution is 0.471. The standard InChI is InChI=1S/C14H19NO/c1-9-8-12(6-7-13(9)16)15-14(10-2-3-10)11-4-5-11/h6-8,10-11,14-16H,2-5H2,1H3. The zero-order chi connectivity index (χ0) is 11.1. The van der Waals surface area contributed by atoms with E-state index in [0.717, 1.165) is 17.4 Å². The van der Waals surface area contributed by atoms with E-state index in [1.807, 2.05) is 19.1 Å². The lowest BCUT2D eigenvalue weighted by Crippen LogP contribution is -2.24. The van der Waals surface area contributed by atoms with Crippen LogP contribution in [-0.2, 0) is 0 Å². The van der Waals surface area contributed by atoms with Gasteiger partial charge in [-0.25, -0.2) is 0 Å². The summed E-state index contributed by atoms with van der Waals surface area (Å²) in [6, 6.07) is 6.51. The van der Waals surface area contributed by atoms with Gasteiger partial charge in [-0.15, -0.1) is 0 Å². The Morgan fingerprint density at radius 3 is 2.31 bits per heavy atom. The van der Waals surface area contributed by atoms with E-state index in [-0.39, 0.29) is 0 Å². The maximum Gasteiger partial charge on any atom is 0.118 e. The SMILES string of the molecule is Cc1cc(NC(C2CC2)C2CC2)ccc1O. The molecule has 2 heteroatoms. The van der Waals surface area contributed by atoms with Crippen LogP contribution in [-0.4, -0.2) is 11.1 Å². The zero-order valence-electron chi connectivity index (χ0n) is 9.74. The second-order valence-corrected chi connectivity index (χ2v) is 5.35. The smallest absolute Gasteiger partial charge is 0.118 e. The van der Waals surface area contributed by atoms with Crippen molar-refractivity contribution in [1.29, 1.82) is 0 Å². The molecule has 0 bridgehead atoms. The van der Waals surface area contributed by atoms with Gasteiger partial charge in [0.1, 0.15) is 5.75 Å². The number of benzene rings is 1. The van der Waals surface area contributed by atoms with Gasteiger partial charge in [0.25, 0.3) is 0 Å². The monoisotopic (exact) mass is 217 g/mol. The van der Waals surface area contributed by atoms with Crippen molar-refractivity contribution in [2.45, 2.75) is 38.6 Å². The minimum Gasteiger partial charge on any atom is -0.508 e. The van der Waals surface area contributed by atoms with Gasteiger partial charge in [0.05, 0.1) is 0 Å². The minimum atomic E-state index is 0.389. The van der Waals surface area contributed by atoms with Crippen LogP contribution < -0.4 is 5.32 Å². The quantitative estimate of drug-likeness (QED) is 0.758. The third-order valence-corrected chi connectivity index (χ3v) is 3.79. The number of nitrogens with one attached hydrogen (secondary N) is 1. The Kier molecular flexibility index (Phi) is 2.31. The lowest BCUT2D eigenvalue weighted by atomic mass is 10.1. The highest BCUT2D eigenvalue weighted by atomic mass is 16.3. The van der Waals surface area contributed by atoms with Crippen LogP contribution in [0.3, 0.4) is 0 Å². The van der Waals surface area contributed by atoms with Crippen LogP contribution >= 0.6 is 0 Å². The molecule has 0 aliphatic heterocycles. The normalized spacial score (nSPS) is 20.1. The second-order valence-electron chi connectivity index (χ2n) is 5.35. The third kappa shape index (κ3) is 2.01. The molecule has 16 heavy (non-hydrogen) atoms. The molecule has 2 nitrogen and oxygen atoms in total. The summed E-state index contributed by atoms with van der Waals surface area (Å²) in [6.45, 7) is 1.95. The van der Waals surface area contributed by atoms with Gasteiger partial charge in [-0.2, -0.15) is 0 Å². The van der Waals surface area contributed by atoms with Crippen LogP contribution in [0.25, 0.3) is 0 Å². The summed E-state index contributed by atoms with van der Waals surface area (Å²) in [7, 11) is 0. The van der Waals surface area contributed by atoms with E-state index in [1.54, 1.807) is 6.07 Å². The number of phenolic OH excluding ortho intramolecular Hbond substituents is 1. The fourth-order valence-electron chi connectivity index (χ4n) is 2.47. The summed E-state index contributed by atoms with van der Waals surface area (Å²) in [5.74, 6) is 2.20. The highest BCUT2D eigenvalue weighted by Gasteiger charge is 2.41. The van der Waals surface area contributed by atoms with Crippen molar-refractivity contribution in [3.63, 3.8) is 0 Å². The first-order chi connectivity index (χ1) is 7.74. The molecule has 2 fully saturated rings. The molecular formula is C14H19NO. The van der Waals surface area contributed by atoms with Crippen molar-refractivity contribution in [3.8, 4) is 5.75 Å². The summed E-state index contributed by atoms with van der Waals surface area (Å²) in [5, 5.41) is 13.2. The molecule has 0 saturated heterocycles. The van der Waals surface area contributed by atoms with Crippen LogP contribution in [0, 0.1) is 18.8 Å². The van der Waals surface area contributed by atoms with Gasteiger partial charge in [-0.3, -0.25) is 0 Å². The van der Waals surface area contributed by atoms with Gasteiger partial charge >= 0.3 is 0 Å². The van der Waals surface area contributed by atoms with Crippen molar-refractivity contribution in [1.82, 2.24) is 0 Å². The van der Waals surface area contributed by atoms with E-state index in [0.29, 0.717) is 11.8 Å². The van der Waals surface area contributed by atoms with Gasteiger partial charge < -0.3 is 10.4 Å². The Balaban J connectivity index is 1.73. The first-order valence-electron chi connectivity index (χ1n) is 6.30. The molecule has 86 valence electrons. The van der Waals surface area contributed by atoms with Crippen LogP contribution in [0.5, 0.6) is 5.75 Å². The van der Waals surface area contributed by atoms with E-state index in [2.05, 4.69) is 5.32 Å². The Bertz CT molecular complexity index is 382. The van der Waals surface area contributed by atoms with Gasteiger partial charge in [0, 0.05) is 11.7 Å². The fraction of sp³-hybridized carbons (Fsp3) is 0.571. The average Bonchev–Trinajstić information content (AvgIpc) is 3.14. The van der Waals surface area contributed by atoms with Crippen molar-refractivity contribution in [2.75, 3.05) is 5.32 Å². The molecular weight excluding hydrogens is 198 g/mol. The van der Waals surface area contributed by atoms with E-state index in [4.69, 9.17) is 0 Å². The van der Waals surface area contributed by atoms with Crippen molar-refractivity contribution < 1.29 is 5.11 Å². The van der Waals surface area contributed by atoms with E-state index >= 15 is 0 Å². The largest absolute Gasteiger partial charge is 0.508 e. The molecule has 0 amide bonds. The highest BCUT2D eigenvalue weighted by molar-refractivity contribution is 5.51. The summed E-state index contributed by atoms with van der Waals surface area (Å²) < 4.78 is 0. The van der Waals surface area contributed by atoms with Gasteiger partial charge in [-0.1, -0.05) is 0 Å². The molecule has 2 N–H and O–H groups in total. The van der Waals surface area contributed by atoms with Crippen LogP contribution in [0.1, 0.15) is 31.2 Å². The number of aromatic hydroxyl groups is 1. The van der Waals surface area contributed by atoms with Crippen molar-refractivity contribution in [3.05, 3.63) is 23.8 Å². The summed E-state index contributed by atoms with van der Waals surface area (Å²) in [6.07, 6.45) is 5.58. The van der Waals surface area contributed by atoms with E-state index in [9.17, 15) is 5.11 Å². The molecule has 3 rings (SSSR count). The summed E-state index contributed by atoms with van der Waals surface area (Å²) >= 11 is 0. The number of hydrogen-bond acceptors (Lipinski definition) is 2. The number of anilines is 1. The number of rotatable bonds is 4. The van der Waals surface area contributed by atoms with E-state index in [1.165, 1.54) is 31.4 Å². The Morgan fingerprint density at radius 2 is 1.81 bits per heavy atom. The number of hydrogen-bond donors (Lipinski definition) is 2. The summed E-state index contributed by atoms with van der Waals surface area (Å²) in [5.41, 5.74) is 2.12.